The van der Waals surface area contributed by atoms with Crippen LogP contribution in [0.2, 0.25) is 0 Å². The molecular formula is C27H23F2N3O5. The number of aromatic nitrogens is 1. The van der Waals surface area contributed by atoms with Gasteiger partial charge in [0.15, 0.2) is 11.4 Å². The van der Waals surface area contributed by atoms with Crippen LogP contribution in [0.25, 0.3) is 0 Å². The number of carbonyl (C=O) groups is 2. The first-order valence-electron chi connectivity index (χ1n) is 11.9. The lowest BCUT2D eigenvalue weighted by atomic mass is 9.91. The van der Waals surface area contributed by atoms with Crippen molar-refractivity contribution in [2.24, 2.45) is 0 Å². The molecule has 1 aromatic heterocycles. The number of fused-ring (bicyclic) bond motifs is 6. The molecule has 1 saturated carbocycles. The third-order valence-corrected chi connectivity index (χ3v) is 7.66. The predicted molar refractivity (Wildman–Crippen MR) is 129 cm³/mol. The first-order chi connectivity index (χ1) is 17.6. The number of aromatic hydroxyl groups is 1. The van der Waals surface area contributed by atoms with Crippen LogP contribution in [-0.2, 0) is 0 Å². The van der Waals surface area contributed by atoms with Gasteiger partial charge in [-0.3, -0.25) is 19.3 Å². The number of hydrogen-bond acceptors (Lipinski definition) is 5. The van der Waals surface area contributed by atoms with Crippen LogP contribution < -0.4 is 10.4 Å². The molecule has 0 saturated heterocycles. The highest BCUT2D eigenvalue weighted by Crippen LogP contribution is 2.70. The van der Waals surface area contributed by atoms with Crippen molar-refractivity contribution in [2.75, 3.05) is 11.7 Å². The highest BCUT2D eigenvalue weighted by molar-refractivity contribution is 5.98. The molecule has 1 fully saturated rings. The van der Waals surface area contributed by atoms with Crippen molar-refractivity contribution >= 4 is 11.9 Å². The lowest BCUT2D eigenvalue weighted by Gasteiger charge is -2.45. The van der Waals surface area contributed by atoms with Crippen molar-refractivity contribution in [3.8, 4) is 5.75 Å². The Kier molecular flexibility index (Phi) is 4.79. The Morgan fingerprint density at radius 2 is 1.49 bits per heavy atom. The molecule has 2 aromatic carbocycles. The minimum atomic E-state index is -2.92. The summed E-state index contributed by atoms with van der Waals surface area (Å²) in [5, 5.41) is 22.0. The van der Waals surface area contributed by atoms with Crippen LogP contribution in [0.5, 0.6) is 5.75 Å². The highest BCUT2D eigenvalue weighted by atomic mass is 19.3. The summed E-state index contributed by atoms with van der Waals surface area (Å²) >= 11 is 0. The minimum absolute atomic E-state index is 0.0378. The smallest absolute Gasteiger partial charge is 0.341 e. The van der Waals surface area contributed by atoms with E-state index in [1.165, 1.54) is 9.58 Å². The number of hydrogen-bond donors (Lipinski definition) is 2. The van der Waals surface area contributed by atoms with E-state index in [1.807, 2.05) is 0 Å². The van der Waals surface area contributed by atoms with E-state index in [0.29, 0.717) is 22.3 Å². The van der Waals surface area contributed by atoms with Gasteiger partial charge in [0.2, 0.25) is 5.43 Å². The normalized spacial score (nSPS) is 23.1. The summed E-state index contributed by atoms with van der Waals surface area (Å²) in [4.78, 5) is 39.3. The Balaban J connectivity index is 1.67. The summed E-state index contributed by atoms with van der Waals surface area (Å²) in [5.74, 6) is -8.11. The molecule has 2 unspecified atom stereocenters. The molecule has 0 radical (unpaired) electrons. The number of pyridine rings is 1. The maximum atomic E-state index is 15.1. The lowest BCUT2D eigenvalue weighted by molar-refractivity contribution is 0.0612. The number of rotatable bonds is 3. The molecule has 37 heavy (non-hydrogen) atoms. The van der Waals surface area contributed by atoms with Crippen LogP contribution in [0.4, 0.5) is 8.78 Å². The van der Waals surface area contributed by atoms with Crippen LogP contribution in [0.3, 0.4) is 0 Å². The molecule has 2 atom stereocenters. The number of aromatic carboxylic acids is 1. The number of carbonyl (C=O) groups excluding carboxylic acids is 1. The number of nitrogens with zero attached hydrogens (tertiary/aromatic N) is 3. The van der Waals surface area contributed by atoms with E-state index in [9.17, 15) is 24.6 Å². The van der Waals surface area contributed by atoms with Gasteiger partial charge in [-0.25, -0.2) is 13.6 Å². The standard InChI is InChI=1S/C27H23F2N3O5/c1-13(2)30-12-32(31-11-18(26(36)37)23(33)24(34)22(31)25(30)35)21-16-9-5-3-7-14(16)19-20(27(19,28)29)15-8-4-6-10-17(15)21/h3-11,13,19-21,34H,12H2,1-2H3,(H,36,37). The molecule has 2 aliphatic carbocycles. The van der Waals surface area contributed by atoms with Crippen molar-refractivity contribution in [3.05, 3.63) is 98.5 Å². The average Bonchev–Trinajstić information content (AvgIpc) is 3.47. The SMILES string of the molecule is CC(C)N1CN(C2c3ccccc3C3C(c4ccccc42)C3(F)F)n2cc(C(=O)O)c(=O)c(O)c2C1=O. The van der Waals surface area contributed by atoms with Gasteiger partial charge in [0.1, 0.15) is 12.2 Å². The second kappa shape index (κ2) is 7.64. The van der Waals surface area contributed by atoms with Gasteiger partial charge in [-0.2, -0.15) is 0 Å². The van der Waals surface area contributed by atoms with Crippen LogP contribution in [-0.4, -0.2) is 50.3 Å². The molecule has 2 N–H and O–H groups in total. The van der Waals surface area contributed by atoms with Crippen LogP contribution in [0, 0.1) is 0 Å². The molecule has 0 bridgehead atoms. The third kappa shape index (κ3) is 3.07. The first-order valence-corrected chi connectivity index (χ1v) is 11.9. The van der Waals surface area contributed by atoms with E-state index in [0.717, 1.165) is 6.20 Å². The molecule has 2 heterocycles. The fourth-order valence-electron chi connectivity index (χ4n) is 5.85. The van der Waals surface area contributed by atoms with Gasteiger partial charge in [0.25, 0.3) is 11.8 Å². The Morgan fingerprint density at radius 3 is 1.97 bits per heavy atom. The third-order valence-electron chi connectivity index (χ3n) is 7.66. The molecule has 0 spiro atoms. The number of carboxylic acid groups (broad SMARTS) is 1. The van der Waals surface area contributed by atoms with Crippen LogP contribution in [0.15, 0.2) is 59.5 Å². The Bertz CT molecular complexity index is 1490. The van der Waals surface area contributed by atoms with E-state index >= 15 is 8.78 Å². The predicted octanol–water partition coefficient (Wildman–Crippen LogP) is 3.63. The zero-order valence-electron chi connectivity index (χ0n) is 19.9. The maximum absolute atomic E-state index is 15.1. The molecule has 10 heteroatoms. The maximum Gasteiger partial charge on any atom is 0.341 e. The van der Waals surface area contributed by atoms with Gasteiger partial charge >= 0.3 is 5.97 Å². The molecule has 6 rings (SSSR count). The van der Waals surface area contributed by atoms with E-state index in [-0.39, 0.29) is 18.4 Å². The second-order valence-corrected chi connectivity index (χ2v) is 9.96. The highest BCUT2D eigenvalue weighted by Gasteiger charge is 2.71. The Morgan fingerprint density at radius 1 is 0.973 bits per heavy atom. The molecule has 190 valence electrons. The van der Waals surface area contributed by atoms with Crippen LogP contribution >= 0.6 is 0 Å². The van der Waals surface area contributed by atoms with Gasteiger partial charge < -0.3 is 15.1 Å². The van der Waals surface area contributed by atoms with E-state index in [1.54, 1.807) is 67.4 Å². The largest absolute Gasteiger partial charge is 0.502 e. The molecule has 1 amide bonds. The molecule has 1 aliphatic heterocycles. The van der Waals surface area contributed by atoms with Gasteiger partial charge in [-0.1, -0.05) is 48.5 Å². The van der Waals surface area contributed by atoms with E-state index < -0.39 is 52.4 Å². The van der Waals surface area contributed by atoms with Gasteiger partial charge in [0.05, 0.1) is 17.9 Å². The van der Waals surface area contributed by atoms with Gasteiger partial charge in [-0.05, 0) is 36.1 Å². The fourth-order valence-corrected chi connectivity index (χ4v) is 5.85. The summed E-state index contributed by atoms with van der Waals surface area (Å²) in [7, 11) is 0. The fraction of sp³-hybridized carbons (Fsp3) is 0.296. The quantitative estimate of drug-likeness (QED) is 0.561. The zero-order valence-corrected chi connectivity index (χ0v) is 19.9. The van der Waals surface area contributed by atoms with E-state index in [2.05, 4.69) is 0 Å². The van der Waals surface area contributed by atoms with Gasteiger partial charge in [0, 0.05) is 12.2 Å². The summed E-state index contributed by atoms with van der Waals surface area (Å²) in [5.41, 5.74) is -0.141. The number of alkyl halides is 2. The Hall–Kier alpha value is -4.21. The first kappa shape index (κ1) is 23.2. The number of amides is 1. The van der Waals surface area contributed by atoms with Crippen molar-refractivity contribution in [1.29, 1.82) is 0 Å². The zero-order chi connectivity index (χ0) is 26.4. The molecule has 8 nitrogen and oxygen atoms in total. The molecule has 3 aromatic rings. The van der Waals surface area contributed by atoms with Crippen LogP contribution in [0.1, 0.15) is 74.8 Å². The second-order valence-electron chi connectivity index (χ2n) is 9.96. The number of carboxylic acids is 1. The molecule has 3 aliphatic rings. The number of halogens is 2. The molecular weight excluding hydrogens is 484 g/mol. The topological polar surface area (TPSA) is 103 Å². The summed E-state index contributed by atoms with van der Waals surface area (Å²) in [6.45, 7) is 3.51. The monoisotopic (exact) mass is 507 g/mol. The lowest BCUT2D eigenvalue weighted by Crippen LogP contribution is -2.57. The van der Waals surface area contributed by atoms with E-state index in [4.69, 9.17) is 0 Å². The summed E-state index contributed by atoms with van der Waals surface area (Å²) in [6.07, 6.45) is 1.03. The summed E-state index contributed by atoms with van der Waals surface area (Å²) < 4.78 is 31.4. The average molecular weight is 507 g/mol. The van der Waals surface area contributed by atoms with Crippen molar-refractivity contribution in [2.45, 2.75) is 43.7 Å². The Labute approximate surface area is 210 Å². The van der Waals surface area contributed by atoms with Crippen molar-refractivity contribution < 1.29 is 28.6 Å². The van der Waals surface area contributed by atoms with Crippen molar-refractivity contribution in [1.82, 2.24) is 9.58 Å². The summed E-state index contributed by atoms with van der Waals surface area (Å²) in [6, 6.07) is 12.7. The van der Waals surface area contributed by atoms with Gasteiger partial charge in [-0.15, -0.1) is 0 Å². The minimum Gasteiger partial charge on any atom is -0.502 e. The number of benzene rings is 2. The van der Waals surface area contributed by atoms with Crippen molar-refractivity contribution in [3.63, 3.8) is 0 Å².